The van der Waals surface area contributed by atoms with E-state index in [9.17, 15) is 9.18 Å². The molecule has 2 aromatic rings. The number of amides is 1. The molecule has 2 heterocycles. The minimum absolute atomic E-state index is 0.0297. The molecule has 1 fully saturated rings. The maximum Gasteiger partial charge on any atom is 0.223 e. The highest BCUT2D eigenvalue weighted by atomic mass is 19.1. The van der Waals surface area contributed by atoms with Crippen LogP contribution in [0, 0.1) is 5.82 Å². The summed E-state index contributed by atoms with van der Waals surface area (Å²) >= 11 is 0. The fourth-order valence-electron chi connectivity index (χ4n) is 3.26. The average molecular weight is 344 g/mol. The molecule has 1 unspecified atom stereocenters. The van der Waals surface area contributed by atoms with E-state index in [1.54, 1.807) is 12.3 Å². The highest BCUT2D eigenvalue weighted by molar-refractivity contribution is 5.77. The number of likely N-dealkylation sites (tertiary alicyclic amines) is 1. The summed E-state index contributed by atoms with van der Waals surface area (Å²) in [7, 11) is 0. The van der Waals surface area contributed by atoms with Gasteiger partial charge in [0.2, 0.25) is 5.91 Å². The molecule has 1 amide bonds. The fraction of sp³-hybridized carbons (Fsp3) is 0.500. The number of aromatic nitrogens is 1. The molecule has 0 N–H and O–H groups in total. The van der Waals surface area contributed by atoms with Crippen molar-refractivity contribution in [3.63, 3.8) is 0 Å². The number of carbonyl (C=O) groups is 1. The first-order valence-electron chi connectivity index (χ1n) is 8.85. The molecule has 0 aliphatic carbocycles. The van der Waals surface area contributed by atoms with Crippen LogP contribution in [0.1, 0.15) is 63.3 Å². The first-order valence-corrected chi connectivity index (χ1v) is 8.85. The van der Waals surface area contributed by atoms with Crippen LogP contribution in [0.15, 0.2) is 34.9 Å². The van der Waals surface area contributed by atoms with Crippen LogP contribution in [0.5, 0.6) is 0 Å². The molecule has 1 aromatic heterocycles. The van der Waals surface area contributed by atoms with Crippen molar-refractivity contribution in [3.8, 4) is 0 Å². The third-order valence-electron chi connectivity index (χ3n) is 4.65. The lowest BCUT2D eigenvalue weighted by Gasteiger charge is -2.25. The zero-order chi connectivity index (χ0) is 18.0. The van der Waals surface area contributed by atoms with Gasteiger partial charge in [0.05, 0.1) is 12.2 Å². The number of hydrogen-bond acceptors (Lipinski definition) is 3. The number of aryl methyl sites for hydroxylation is 1. The standard InChI is InChI=1S/C20H25FN2O2/c1-20(2,3)17-13-22-18(25-17)9-10-19(24)23-11-5-8-16(23)14-6-4-7-15(21)12-14/h4,6-7,12-13,16H,5,8-11H2,1-3H3. The SMILES string of the molecule is CC(C)(C)c1cnc(CCC(=O)N2CCCC2c2cccc(F)c2)o1. The van der Waals surface area contributed by atoms with Gasteiger partial charge in [-0.2, -0.15) is 0 Å². The summed E-state index contributed by atoms with van der Waals surface area (Å²) in [6.45, 7) is 6.92. The molecule has 1 aromatic carbocycles. The van der Waals surface area contributed by atoms with E-state index < -0.39 is 0 Å². The smallest absolute Gasteiger partial charge is 0.223 e. The molecule has 0 saturated carbocycles. The molecule has 134 valence electrons. The molecule has 3 rings (SSSR count). The summed E-state index contributed by atoms with van der Waals surface area (Å²) in [6.07, 6.45) is 4.41. The van der Waals surface area contributed by atoms with Gasteiger partial charge in [-0.15, -0.1) is 0 Å². The first kappa shape index (κ1) is 17.6. The van der Waals surface area contributed by atoms with Crippen LogP contribution in [0.2, 0.25) is 0 Å². The van der Waals surface area contributed by atoms with Crippen molar-refractivity contribution in [3.05, 3.63) is 53.5 Å². The number of halogens is 1. The summed E-state index contributed by atoms with van der Waals surface area (Å²) in [4.78, 5) is 18.8. The molecule has 25 heavy (non-hydrogen) atoms. The van der Waals surface area contributed by atoms with Crippen molar-refractivity contribution in [2.24, 2.45) is 0 Å². The lowest BCUT2D eigenvalue weighted by molar-refractivity contribution is -0.132. The minimum Gasteiger partial charge on any atom is -0.445 e. The van der Waals surface area contributed by atoms with E-state index in [0.717, 1.165) is 30.7 Å². The second kappa shape index (κ2) is 6.98. The van der Waals surface area contributed by atoms with E-state index in [2.05, 4.69) is 25.8 Å². The van der Waals surface area contributed by atoms with E-state index in [1.807, 2.05) is 11.0 Å². The van der Waals surface area contributed by atoms with Crippen LogP contribution in [0.4, 0.5) is 4.39 Å². The number of oxazole rings is 1. The number of hydrogen-bond donors (Lipinski definition) is 0. The van der Waals surface area contributed by atoms with E-state index in [0.29, 0.717) is 18.7 Å². The quantitative estimate of drug-likeness (QED) is 0.825. The van der Waals surface area contributed by atoms with Crippen LogP contribution >= 0.6 is 0 Å². The van der Waals surface area contributed by atoms with Crippen LogP contribution in [-0.4, -0.2) is 22.3 Å². The van der Waals surface area contributed by atoms with Crippen molar-refractivity contribution in [2.45, 2.75) is 57.9 Å². The van der Waals surface area contributed by atoms with E-state index in [1.165, 1.54) is 12.1 Å². The second-order valence-electron chi connectivity index (χ2n) is 7.67. The molecular weight excluding hydrogens is 319 g/mol. The minimum atomic E-state index is -0.258. The maximum atomic E-state index is 13.5. The molecule has 0 spiro atoms. The molecule has 1 atom stereocenters. The van der Waals surface area contributed by atoms with Crippen molar-refractivity contribution >= 4 is 5.91 Å². The fourth-order valence-corrected chi connectivity index (χ4v) is 3.26. The van der Waals surface area contributed by atoms with Crippen molar-refractivity contribution in [1.82, 2.24) is 9.88 Å². The Morgan fingerprint density at radius 3 is 2.88 bits per heavy atom. The third kappa shape index (κ3) is 4.09. The average Bonchev–Trinajstić information content (AvgIpc) is 3.21. The number of nitrogens with zero attached hydrogens (tertiary/aromatic N) is 2. The monoisotopic (exact) mass is 344 g/mol. The Balaban J connectivity index is 1.63. The van der Waals surface area contributed by atoms with Gasteiger partial charge in [-0.25, -0.2) is 9.37 Å². The Hall–Kier alpha value is -2.17. The van der Waals surface area contributed by atoms with E-state index >= 15 is 0 Å². The first-order chi connectivity index (χ1) is 11.8. The zero-order valence-corrected chi connectivity index (χ0v) is 15.1. The van der Waals surface area contributed by atoms with Gasteiger partial charge in [0.15, 0.2) is 5.89 Å². The predicted octanol–water partition coefficient (Wildman–Crippen LogP) is 4.41. The van der Waals surface area contributed by atoms with Crippen LogP contribution in [-0.2, 0) is 16.6 Å². The topological polar surface area (TPSA) is 46.3 Å². The summed E-state index contributed by atoms with van der Waals surface area (Å²) in [6, 6.07) is 6.52. The largest absolute Gasteiger partial charge is 0.445 e. The van der Waals surface area contributed by atoms with Crippen molar-refractivity contribution < 1.29 is 13.6 Å². The van der Waals surface area contributed by atoms with Gasteiger partial charge in [-0.3, -0.25) is 4.79 Å². The molecular formula is C20H25FN2O2. The van der Waals surface area contributed by atoms with E-state index in [4.69, 9.17) is 4.42 Å². The van der Waals surface area contributed by atoms with Crippen molar-refractivity contribution in [2.75, 3.05) is 6.54 Å². The Morgan fingerprint density at radius 2 is 2.20 bits per heavy atom. The molecule has 4 nitrogen and oxygen atoms in total. The summed E-state index contributed by atoms with van der Waals surface area (Å²) in [5.74, 6) is 1.24. The second-order valence-corrected chi connectivity index (χ2v) is 7.67. The highest BCUT2D eigenvalue weighted by Gasteiger charge is 2.30. The highest BCUT2D eigenvalue weighted by Crippen LogP contribution is 2.33. The predicted molar refractivity (Wildman–Crippen MR) is 93.6 cm³/mol. The summed E-state index contributed by atoms with van der Waals surface area (Å²) in [5, 5.41) is 0. The van der Waals surface area contributed by atoms with Crippen LogP contribution in [0.3, 0.4) is 0 Å². The van der Waals surface area contributed by atoms with Gasteiger partial charge in [0.25, 0.3) is 0 Å². The van der Waals surface area contributed by atoms with Gasteiger partial charge in [0.1, 0.15) is 11.6 Å². The molecule has 0 bridgehead atoms. The normalized spacial score (nSPS) is 17.9. The van der Waals surface area contributed by atoms with Gasteiger partial charge in [-0.05, 0) is 30.5 Å². The number of benzene rings is 1. The van der Waals surface area contributed by atoms with Gasteiger partial charge < -0.3 is 9.32 Å². The Morgan fingerprint density at radius 1 is 1.40 bits per heavy atom. The summed E-state index contributed by atoms with van der Waals surface area (Å²) in [5.41, 5.74) is 0.782. The zero-order valence-electron chi connectivity index (χ0n) is 15.1. The van der Waals surface area contributed by atoms with Crippen LogP contribution in [0.25, 0.3) is 0 Å². The Labute approximate surface area is 148 Å². The maximum absolute atomic E-state index is 13.5. The van der Waals surface area contributed by atoms with Crippen LogP contribution < -0.4 is 0 Å². The third-order valence-corrected chi connectivity index (χ3v) is 4.65. The van der Waals surface area contributed by atoms with E-state index in [-0.39, 0.29) is 23.2 Å². The Kier molecular flexibility index (Phi) is 4.93. The van der Waals surface area contributed by atoms with Gasteiger partial charge >= 0.3 is 0 Å². The number of carbonyl (C=O) groups excluding carboxylic acids is 1. The Bertz CT molecular complexity index is 748. The van der Waals surface area contributed by atoms with Crippen molar-refractivity contribution in [1.29, 1.82) is 0 Å². The number of rotatable bonds is 4. The lowest BCUT2D eigenvalue weighted by atomic mass is 9.94. The summed E-state index contributed by atoms with van der Waals surface area (Å²) < 4.78 is 19.2. The molecule has 5 heteroatoms. The van der Waals surface area contributed by atoms with Gasteiger partial charge in [-0.1, -0.05) is 32.9 Å². The van der Waals surface area contributed by atoms with Gasteiger partial charge in [0, 0.05) is 24.8 Å². The molecule has 1 aliphatic heterocycles. The lowest BCUT2D eigenvalue weighted by Crippen LogP contribution is -2.30. The molecule has 0 radical (unpaired) electrons. The molecule has 1 saturated heterocycles. The molecule has 1 aliphatic rings.